The summed E-state index contributed by atoms with van der Waals surface area (Å²) >= 11 is 0. The van der Waals surface area contributed by atoms with E-state index in [1.807, 2.05) is 0 Å². The summed E-state index contributed by atoms with van der Waals surface area (Å²) in [5.41, 5.74) is 28.8. The van der Waals surface area contributed by atoms with Crippen LogP contribution in [0.15, 0.2) is 140 Å². The highest BCUT2D eigenvalue weighted by Crippen LogP contribution is 2.49. The standard InChI is InChI=1S/C78H78BN3Si/c1-41(2)45-20-18-21-51(32-45)80-62-33-46(42(3)4)25-28-55(62)69-63(80)40-59-74-70(69)68-52(44(7)8)22-19-23-60(68)81(74)61-30-31-64-75-71(61)79(59)58-37-49(77(12,13)14)35-56-57-36-50(78(15,16)17)39-67(73(57)82(75)72(56)58)83(64)65-34-47(43(5)6)24-27-53(65)54-29-26-48(38-66(54)83)76(9,10)11/h18-44H,1-17H3. The van der Waals surface area contributed by atoms with Gasteiger partial charge in [-0.15, -0.1) is 0 Å². The third kappa shape index (κ3) is 6.48. The molecule has 12 aromatic rings. The Balaban J connectivity index is 1.18. The number of fused-ring (bicyclic) bond motifs is 18. The van der Waals surface area contributed by atoms with E-state index in [1.54, 1.807) is 15.6 Å². The SMILES string of the molecule is CC(C)c1cccc(-n2c3cc(C(C)C)ccc3c3c4c5c(C(C)C)cccc5n5c4c(cc32)B2c3c-5ccc4c3-n3c5c2cc(C(C)(C)C)cc5c2cc(C(C)(C)C)cc(c23)[Si]42c3cc(C(C)C)ccc3-c3ccc(C(C)(C)C)cc32)c1. The van der Waals surface area contributed by atoms with Crippen LogP contribution in [0.25, 0.3) is 93.6 Å². The molecule has 1 atom stereocenters. The Morgan fingerprint density at radius 3 is 1.67 bits per heavy atom. The molecular formula is C78H78BN3Si. The third-order valence-electron chi connectivity index (χ3n) is 20.7. The van der Waals surface area contributed by atoms with E-state index in [2.05, 4.69) is 271 Å². The molecule has 83 heavy (non-hydrogen) atoms. The van der Waals surface area contributed by atoms with Gasteiger partial charge >= 0.3 is 0 Å². The first-order chi connectivity index (χ1) is 39.4. The minimum atomic E-state index is -3.18. The normalized spacial score (nSPS) is 16.0. The summed E-state index contributed by atoms with van der Waals surface area (Å²) in [4.78, 5) is 0. The van der Waals surface area contributed by atoms with E-state index in [-0.39, 0.29) is 23.0 Å². The van der Waals surface area contributed by atoms with E-state index in [1.165, 1.54) is 154 Å². The summed E-state index contributed by atoms with van der Waals surface area (Å²) in [5, 5.41) is 14.5. The molecule has 4 aliphatic rings. The minimum Gasteiger partial charge on any atom is -0.310 e. The van der Waals surface area contributed by atoms with Gasteiger partial charge in [0, 0.05) is 54.9 Å². The van der Waals surface area contributed by atoms with Crippen LogP contribution in [0.1, 0.15) is 180 Å². The van der Waals surface area contributed by atoms with Crippen LogP contribution in [0.3, 0.4) is 0 Å². The predicted molar refractivity (Wildman–Crippen MR) is 363 cm³/mol. The van der Waals surface area contributed by atoms with Gasteiger partial charge in [0.15, 0.2) is 8.07 Å². The molecule has 0 saturated carbocycles. The fourth-order valence-electron chi connectivity index (χ4n) is 16.3. The van der Waals surface area contributed by atoms with E-state index >= 15 is 0 Å². The van der Waals surface area contributed by atoms with E-state index in [0.717, 1.165) is 0 Å². The summed E-state index contributed by atoms with van der Waals surface area (Å²) in [6, 6.07) is 58.2. The number of aromatic nitrogens is 3. The van der Waals surface area contributed by atoms with Gasteiger partial charge in [-0.1, -0.05) is 209 Å². The second-order valence-corrected chi connectivity index (χ2v) is 33.8. The Bertz CT molecular complexity index is 4930. The van der Waals surface area contributed by atoms with Gasteiger partial charge in [0.2, 0.25) is 0 Å². The molecule has 0 bridgehead atoms. The molecule has 7 heterocycles. The molecule has 0 fully saturated rings. The van der Waals surface area contributed by atoms with Crippen LogP contribution in [-0.2, 0) is 16.2 Å². The summed E-state index contributed by atoms with van der Waals surface area (Å²) in [6.07, 6.45) is 0. The van der Waals surface area contributed by atoms with E-state index in [4.69, 9.17) is 0 Å². The quantitative estimate of drug-likeness (QED) is 0.153. The molecule has 4 aliphatic heterocycles. The van der Waals surface area contributed by atoms with Crippen molar-refractivity contribution in [2.75, 3.05) is 0 Å². The Morgan fingerprint density at radius 2 is 0.988 bits per heavy atom. The highest BCUT2D eigenvalue weighted by molar-refractivity contribution is 7.24. The maximum atomic E-state index is 2.86. The number of nitrogens with zero attached hydrogens (tertiary/aromatic N) is 3. The van der Waals surface area contributed by atoms with Crippen molar-refractivity contribution in [2.45, 2.75) is 158 Å². The van der Waals surface area contributed by atoms with Crippen LogP contribution in [0.2, 0.25) is 0 Å². The average molecular weight is 1100 g/mol. The second-order valence-electron chi connectivity index (χ2n) is 30.1. The Hall–Kier alpha value is -7.34. The van der Waals surface area contributed by atoms with Gasteiger partial charge in [0.05, 0.1) is 27.6 Å². The van der Waals surface area contributed by atoms with E-state index in [9.17, 15) is 0 Å². The van der Waals surface area contributed by atoms with Gasteiger partial charge in [0.25, 0.3) is 6.71 Å². The topological polar surface area (TPSA) is 14.8 Å². The number of hydrogen-bond acceptors (Lipinski definition) is 0. The zero-order valence-electron chi connectivity index (χ0n) is 52.0. The second kappa shape index (κ2) is 16.5. The van der Waals surface area contributed by atoms with Gasteiger partial charge in [0.1, 0.15) is 0 Å². The summed E-state index contributed by atoms with van der Waals surface area (Å²) in [5.74, 6) is 1.47. The van der Waals surface area contributed by atoms with Crippen molar-refractivity contribution in [2.24, 2.45) is 0 Å². The smallest absolute Gasteiger partial charge is 0.252 e. The van der Waals surface area contributed by atoms with Crippen molar-refractivity contribution < 1.29 is 0 Å². The van der Waals surface area contributed by atoms with Gasteiger partial charge in [-0.05, 0) is 176 Å². The highest BCUT2D eigenvalue weighted by atomic mass is 28.3. The lowest BCUT2D eigenvalue weighted by Crippen LogP contribution is -2.77. The maximum Gasteiger partial charge on any atom is 0.252 e. The molecule has 0 aliphatic carbocycles. The lowest BCUT2D eigenvalue weighted by molar-refractivity contribution is 0.590. The Labute approximate surface area is 492 Å². The molecule has 0 saturated heterocycles. The molecule has 412 valence electrons. The first kappa shape index (κ1) is 51.3. The van der Waals surface area contributed by atoms with Gasteiger partial charge < -0.3 is 13.7 Å². The molecule has 9 aromatic carbocycles. The summed E-state index contributed by atoms with van der Waals surface area (Å²) in [7, 11) is -3.18. The number of benzene rings is 9. The Kier molecular flexibility index (Phi) is 10.2. The maximum absolute atomic E-state index is 3.18. The van der Waals surface area contributed by atoms with Gasteiger partial charge in [-0.2, -0.15) is 0 Å². The van der Waals surface area contributed by atoms with Crippen LogP contribution in [0.4, 0.5) is 0 Å². The van der Waals surface area contributed by atoms with Crippen molar-refractivity contribution in [1.29, 1.82) is 0 Å². The first-order valence-electron chi connectivity index (χ1n) is 31.2. The van der Waals surface area contributed by atoms with Crippen molar-refractivity contribution in [1.82, 2.24) is 13.7 Å². The van der Waals surface area contributed by atoms with Crippen LogP contribution >= 0.6 is 0 Å². The molecule has 0 N–H and O–H groups in total. The monoisotopic (exact) mass is 1100 g/mol. The van der Waals surface area contributed by atoms with Crippen molar-refractivity contribution >= 4 is 117 Å². The number of rotatable bonds is 5. The molecule has 1 spiro atoms. The van der Waals surface area contributed by atoms with Crippen molar-refractivity contribution in [3.63, 3.8) is 0 Å². The molecule has 0 amide bonds. The molecule has 1 unspecified atom stereocenters. The van der Waals surface area contributed by atoms with Crippen LogP contribution in [0.5, 0.6) is 0 Å². The fourth-order valence-corrected chi connectivity index (χ4v) is 22.0. The largest absolute Gasteiger partial charge is 0.310 e. The van der Waals surface area contributed by atoms with Crippen LogP contribution in [-0.4, -0.2) is 28.5 Å². The molecular weight excluding hydrogens is 1020 g/mol. The first-order valence-corrected chi connectivity index (χ1v) is 33.2. The van der Waals surface area contributed by atoms with E-state index < -0.39 is 8.07 Å². The van der Waals surface area contributed by atoms with Crippen molar-refractivity contribution in [3.8, 4) is 28.2 Å². The number of hydrogen-bond donors (Lipinski definition) is 0. The minimum absolute atomic E-state index is 0.0399. The average Bonchev–Trinajstić information content (AvgIpc) is 1.56. The molecule has 3 aromatic heterocycles. The summed E-state index contributed by atoms with van der Waals surface area (Å²) < 4.78 is 8.31. The van der Waals surface area contributed by atoms with Gasteiger partial charge in [-0.25, -0.2) is 0 Å². The Morgan fingerprint density at radius 1 is 0.386 bits per heavy atom. The van der Waals surface area contributed by atoms with Gasteiger partial charge in [-0.3, -0.25) is 0 Å². The lowest BCUT2D eigenvalue weighted by Gasteiger charge is -2.43. The van der Waals surface area contributed by atoms with E-state index in [0.29, 0.717) is 23.7 Å². The van der Waals surface area contributed by atoms with Crippen LogP contribution in [0, 0.1) is 0 Å². The zero-order chi connectivity index (χ0) is 57.8. The lowest BCUT2D eigenvalue weighted by atomic mass is 9.34. The third-order valence-corrected chi connectivity index (χ3v) is 25.6. The molecule has 16 rings (SSSR count). The van der Waals surface area contributed by atoms with Crippen molar-refractivity contribution in [3.05, 3.63) is 178 Å². The predicted octanol–water partition coefficient (Wildman–Crippen LogP) is 16.2. The summed E-state index contributed by atoms with van der Waals surface area (Å²) in [6.45, 7) is 40.7. The zero-order valence-corrected chi connectivity index (χ0v) is 53.0. The molecule has 5 heteroatoms. The molecule has 0 radical (unpaired) electrons. The van der Waals surface area contributed by atoms with Crippen LogP contribution < -0.4 is 37.1 Å². The highest BCUT2D eigenvalue weighted by Gasteiger charge is 2.57. The fraction of sp³-hybridized carbons (Fsp3) is 0.308. The molecule has 3 nitrogen and oxygen atoms in total.